The summed E-state index contributed by atoms with van der Waals surface area (Å²) in [5.41, 5.74) is 0.649. The molecular weight excluding hydrogens is 255 g/mol. The van der Waals surface area contributed by atoms with Crippen LogP contribution in [0.4, 0.5) is 15.8 Å². The summed E-state index contributed by atoms with van der Waals surface area (Å²) in [6.45, 7) is 1.83. The molecule has 1 heterocycles. The van der Waals surface area contributed by atoms with Crippen molar-refractivity contribution in [2.75, 3.05) is 5.32 Å². The molecule has 94 valence electrons. The van der Waals surface area contributed by atoms with Crippen molar-refractivity contribution in [2.24, 2.45) is 0 Å². The Morgan fingerprint density at radius 1 is 1.44 bits per heavy atom. The summed E-state index contributed by atoms with van der Waals surface area (Å²) in [7, 11) is 0. The molecule has 0 fully saturated rings. The van der Waals surface area contributed by atoms with Crippen LogP contribution in [0.3, 0.4) is 0 Å². The molecule has 0 bridgehead atoms. The first-order valence-electron chi connectivity index (χ1n) is 5.31. The first kappa shape index (κ1) is 12.5. The Morgan fingerprint density at radius 2 is 2.22 bits per heavy atom. The van der Waals surface area contributed by atoms with E-state index in [9.17, 15) is 14.5 Å². The van der Waals surface area contributed by atoms with Gasteiger partial charge in [-0.15, -0.1) is 0 Å². The number of para-hydroxylation sites is 1. The Balaban J connectivity index is 2.31. The SMILES string of the molecule is CC(Nc1c(F)cccc1[N+](=O)[O-])c1ccsc1. The Labute approximate surface area is 107 Å². The average Bonchev–Trinajstić information content (AvgIpc) is 2.85. The summed E-state index contributed by atoms with van der Waals surface area (Å²) in [5, 5.41) is 17.5. The van der Waals surface area contributed by atoms with Crippen molar-refractivity contribution >= 4 is 22.7 Å². The first-order valence-corrected chi connectivity index (χ1v) is 6.25. The zero-order valence-corrected chi connectivity index (χ0v) is 10.4. The highest BCUT2D eigenvalue weighted by Crippen LogP contribution is 2.30. The van der Waals surface area contributed by atoms with Crippen LogP contribution in [0.5, 0.6) is 0 Å². The first-order chi connectivity index (χ1) is 8.59. The minimum Gasteiger partial charge on any atom is -0.371 e. The van der Waals surface area contributed by atoms with Gasteiger partial charge in [0.05, 0.1) is 4.92 Å². The van der Waals surface area contributed by atoms with Gasteiger partial charge >= 0.3 is 0 Å². The molecule has 1 atom stereocenters. The van der Waals surface area contributed by atoms with Gasteiger partial charge in [-0.1, -0.05) is 6.07 Å². The van der Waals surface area contributed by atoms with Gasteiger partial charge in [0.25, 0.3) is 5.69 Å². The molecule has 1 aromatic heterocycles. The topological polar surface area (TPSA) is 55.2 Å². The zero-order valence-electron chi connectivity index (χ0n) is 9.59. The van der Waals surface area contributed by atoms with Crippen molar-refractivity contribution in [1.29, 1.82) is 0 Å². The summed E-state index contributed by atoms with van der Waals surface area (Å²) in [6.07, 6.45) is 0. The van der Waals surface area contributed by atoms with E-state index in [4.69, 9.17) is 0 Å². The van der Waals surface area contributed by atoms with Gasteiger partial charge in [0.2, 0.25) is 0 Å². The molecule has 0 radical (unpaired) electrons. The van der Waals surface area contributed by atoms with Crippen LogP contribution in [-0.4, -0.2) is 4.92 Å². The van der Waals surface area contributed by atoms with Crippen molar-refractivity contribution in [3.05, 3.63) is 56.5 Å². The van der Waals surface area contributed by atoms with E-state index < -0.39 is 10.7 Å². The molecule has 0 spiro atoms. The van der Waals surface area contributed by atoms with Gasteiger partial charge in [-0.05, 0) is 35.4 Å². The molecule has 0 aliphatic rings. The summed E-state index contributed by atoms with van der Waals surface area (Å²) in [5.74, 6) is -0.619. The standard InChI is InChI=1S/C12H11FN2O2S/c1-8(9-5-6-18-7-9)14-12-10(13)3-2-4-11(12)15(16)17/h2-8,14H,1H3. The number of anilines is 1. The van der Waals surface area contributed by atoms with Crippen LogP contribution >= 0.6 is 11.3 Å². The second-order valence-corrected chi connectivity index (χ2v) is 4.59. The number of thiophene rings is 1. The molecule has 1 unspecified atom stereocenters. The fourth-order valence-electron chi connectivity index (χ4n) is 1.63. The van der Waals surface area contributed by atoms with Crippen molar-refractivity contribution in [1.82, 2.24) is 0 Å². The fraction of sp³-hybridized carbons (Fsp3) is 0.167. The van der Waals surface area contributed by atoms with Crippen molar-refractivity contribution in [2.45, 2.75) is 13.0 Å². The van der Waals surface area contributed by atoms with E-state index >= 15 is 0 Å². The van der Waals surface area contributed by atoms with Crippen molar-refractivity contribution in [3.8, 4) is 0 Å². The average molecular weight is 266 g/mol. The lowest BCUT2D eigenvalue weighted by Gasteiger charge is -2.14. The lowest BCUT2D eigenvalue weighted by molar-refractivity contribution is -0.384. The van der Waals surface area contributed by atoms with Crippen molar-refractivity contribution < 1.29 is 9.31 Å². The Hall–Kier alpha value is -1.95. The van der Waals surface area contributed by atoms with Crippen molar-refractivity contribution in [3.63, 3.8) is 0 Å². The summed E-state index contributed by atoms with van der Waals surface area (Å²) in [4.78, 5) is 10.3. The zero-order chi connectivity index (χ0) is 13.1. The van der Waals surface area contributed by atoms with Gasteiger partial charge < -0.3 is 5.32 Å². The predicted octanol–water partition coefficient (Wildman–Crippen LogP) is 3.97. The van der Waals surface area contributed by atoms with E-state index in [-0.39, 0.29) is 17.4 Å². The molecule has 0 saturated heterocycles. The minimum absolute atomic E-state index is 0.0683. The molecule has 0 saturated carbocycles. The van der Waals surface area contributed by atoms with E-state index in [0.29, 0.717) is 0 Å². The number of halogens is 1. The molecule has 0 aliphatic heterocycles. The van der Waals surface area contributed by atoms with Crippen LogP contribution in [0.15, 0.2) is 35.0 Å². The van der Waals surface area contributed by atoms with Crippen LogP contribution in [0.25, 0.3) is 0 Å². The van der Waals surface area contributed by atoms with Gasteiger partial charge in [0, 0.05) is 12.1 Å². The maximum Gasteiger partial charge on any atom is 0.295 e. The van der Waals surface area contributed by atoms with E-state index in [2.05, 4.69) is 5.32 Å². The monoisotopic (exact) mass is 266 g/mol. The van der Waals surface area contributed by atoms with Crippen LogP contribution in [0, 0.1) is 15.9 Å². The largest absolute Gasteiger partial charge is 0.371 e. The summed E-state index contributed by atoms with van der Waals surface area (Å²) in [6, 6.07) is 5.52. The molecule has 1 aromatic carbocycles. The fourth-order valence-corrected chi connectivity index (χ4v) is 2.38. The van der Waals surface area contributed by atoms with Gasteiger partial charge in [-0.25, -0.2) is 4.39 Å². The number of hydrogen-bond acceptors (Lipinski definition) is 4. The summed E-state index contributed by atoms with van der Waals surface area (Å²) < 4.78 is 13.6. The van der Waals surface area contributed by atoms with E-state index in [1.807, 2.05) is 23.8 Å². The second-order valence-electron chi connectivity index (χ2n) is 3.81. The number of nitro benzene ring substituents is 1. The predicted molar refractivity (Wildman–Crippen MR) is 69.4 cm³/mol. The smallest absolute Gasteiger partial charge is 0.295 e. The maximum absolute atomic E-state index is 13.6. The Bertz CT molecular complexity index is 557. The highest BCUT2D eigenvalue weighted by molar-refractivity contribution is 7.07. The van der Waals surface area contributed by atoms with Gasteiger partial charge in [-0.2, -0.15) is 11.3 Å². The highest BCUT2D eigenvalue weighted by atomic mass is 32.1. The number of benzene rings is 1. The lowest BCUT2D eigenvalue weighted by atomic mass is 10.1. The van der Waals surface area contributed by atoms with Crippen LogP contribution in [-0.2, 0) is 0 Å². The summed E-state index contributed by atoms with van der Waals surface area (Å²) >= 11 is 1.53. The molecule has 1 N–H and O–H groups in total. The molecule has 4 nitrogen and oxygen atoms in total. The molecule has 0 amide bonds. The van der Waals surface area contributed by atoms with E-state index in [1.54, 1.807) is 0 Å². The molecule has 6 heteroatoms. The number of nitrogens with one attached hydrogen (secondary N) is 1. The normalized spacial score (nSPS) is 12.1. The van der Waals surface area contributed by atoms with Crippen LogP contribution in [0.2, 0.25) is 0 Å². The number of nitrogens with zero attached hydrogens (tertiary/aromatic N) is 1. The number of hydrogen-bond donors (Lipinski definition) is 1. The Kier molecular flexibility index (Phi) is 3.57. The molecule has 0 aliphatic carbocycles. The Morgan fingerprint density at radius 3 is 2.83 bits per heavy atom. The second kappa shape index (κ2) is 5.14. The lowest BCUT2D eigenvalue weighted by Crippen LogP contribution is -2.09. The minimum atomic E-state index is -0.619. The molecule has 2 rings (SSSR count). The number of nitro groups is 1. The number of rotatable bonds is 4. The van der Waals surface area contributed by atoms with E-state index in [1.165, 1.54) is 29.5 Å². The van der Waals surface area contributed by atoms with Gasteiger partial charge in [0.15, 0.2) is 5.82 Å². The molecule has 18 heavy (non-hydrogen) atoms. The quantitative estimate of drug-likeness (QED) is 0.673. The molecular formula is C12H11FN2O2S. The molecule has 2 aromatic rings. The maximum atomic E-state index is 13.6. The highest BCUT2D eigenvalue weighted by Gasteiger charge is 2.19. The van der Waals surface area contributed by atoms with Crippen LogP contribution < -0.4 is 5.32 Å². The third-order valence-electron chi connectivity index (χ3n) is 2.59. The van der Waals surface area contributed by atoms with Gasteiger partial charge in [0.1, 0.15) is 5.69 Å². The van der Waals surface area contributed by atoms with Gasteiger partial charge in [-0.3, -0.25) is 10.1 Å². The third kappa shape index (κ3) is 2.48. The van der Waals surface area contributed by atoms with E-state index in [0.717, 1.165) is 5.56 Å². The van der Waals surface area contributed by atoms with Crippen LogP contribution in [0.1, 0.15) is 18.5 Å². The third-order valence-corrected chi connectivity index (χ3v) is 3.29.